The van der Waals surface area contributed by atoms with Crippen molar-refractivity contribution >= 4 is 5.82 Å². The van der Waals surface area contributed by atoms with E-state index in [4.69, 9.17) is 0 Å². The summed E-state index contributed by atoms with van der Waals surface area (Å²) in [6.07, 6.45) is 4.41. The molecule has 1 rings (SSSR count). The third-order valence-electron chi connectivity index (χ3n) is 3.35. The SMILES string of the molecule is CCCc1cc(CO)cc(NCC(CC)CC)n1. The lowest BCUT2D eigenvalue weighted by molar-refractivity contribution is 0.281. The van der Waals surface area contributed by atoms with E-state index in [1.165, 1.54) is 12.8 Å². The number of rotatable bonds is 8. The van der Waals surface area contributed by atoms with E-state index in [0.717, 1.165) is 36.5 Å². The number of aromatic nitrogens is 1. The van der Waals surface area contributed by atoms with Gasteiger partial charge in [-0.25, -0.2) is 4.98 Å². The summed E-state index contributed by atoms with van der Waals surface area (Å²) in [7, 11) is 0. The van der Waals surface area contributed by atoms with E-state index in [1.807, 2.05) is 12.1 Å². The molecule has 0 saturated heterocycles. The van der Waals surface area contributed by atoms with Gasteiger partial charge in [-0.2, -0.15) is 0 Å². The second-order valence-electron chi connectivity index (χ2n) is 4.82. The zero-order valence-corrected chi connectivity index (χ0v) is 11.9. The molecule has 0 unspecified atom stereocenters. The van der Waals surface area contributed by atoms with Crippen LogP contribution >= 0.6 is 0 Å². The molecule has 1 aromatic rings. The number of hydrogen-bond donors (Lipinski definition) is 2. The van der Waals surface area contributed by atoms with Crippen LogP contribution in [-0.4, -0.2) is 16.6 Å². The summed E-state index contributed by atoms with van der Waals surface area (Å²) < 4.78 is 0. The average Bonchev–Trinajstić information content (AvgIpc) is 2.40. The average molecular weight is 250 g/mol. The summed E-state index contributed by atoms with van der Waals surface area (Å²) >= 11 is 0. The zero-order chi connectivity index (χ0) is 13.4. The van der Waals surface area contributed by atoms with Crippen molar-refractivity contribution in [1.29, 1.82) is 0 Å². The van der Waals surface area contributed by atoms with Crippen molar-refractivity contribution in [2.45, 2.75) is 53.1 Å². The number of anilines is 1. The maximum Gasteiger partial charge on any atom is 0.126 e. The quantitative estimate of drug-likeness (QED) is 0.743. The van der Waals surface area contributed by atoms with Crippen LogP contribution < -0.4 is 5.32 Å². The van der Waals surface area contributed by atoms with Crippen molar-refractivity contribution in [3.63, 3.8) is 0 Å². The second kappa shape index (κ2) is 8.09. The number of nitrogens with zero attached hydrogens (tertiary/aromatic N) is 1. The highest BCUT2D eigenvalue weighted by molar-refractivity contribution is 5.39. The number of hydrogen-bond acceptors (Lipinski definition) is 3. The van der Waals surface area contributed by atoms with E-state index in [-0.39, 0.29) is 6.61 Å². The van der Waals surface area contributed by atoms with E-state index in [1.54, 1.807) is 0 Å². The van der Waals surface area contributed by atoms with Crippen molar-refractivity contribution in [2.75, 3.05) is 11.9 Å². The van der Waals surface area contributed by atoms with Gasteiger partial charge in [-0.3, -0.25) is 0 Å². The van der Waals surface area contributed by atoms with Gasteiger partial charge in [0.2, 0.25) is 0 Å². The molecule has 0 fully saturated rings. The van der Waals surface area contributed by atoms with Gasteiger partial charge in [0.25, 0.3) is 0 Å². The fraction of sp³-hybridized carbons (Fsp3) is 0.667. The molecule has 0 bridgehead atoms. The first-order valence-electron chi connectivity index (χ1n) is 7.07. The van der Waals surface area contributed by atoms with Crippen LogP contribution in [0.25, 0.3) is 0 Å². The third kappa shape index (κ3) is 4.65. The van der Waals surface area contributed by atoms with Crippen LogP contribution in [-0.2, 0) is 13.0 Å². The summed E-state index contributed by atoms with van der Waals surface area (Å²) in [5.74, 6) is 1.59. The monoisotopic (exact) mass is 250 g/mol. The molecule has 0 atom stereocenters. The standard InChI is InChI=1S/C15H26N2O/c1-4-7-14-8-13(11-18)9-15(17-14)16-10-12(5-2)6-3/h8-9,12,18H,4-7,10-11H2,1-3H3,(H,16,17). The Morgan fingerprint density at radius 2 is 1.94 bits per heavy atom. The smallest absolute Gasteiger partial charge is 0.126 e. The predicted octanol–water partition coefficient (Wildman–Crippen LogP) is 3.37. The largest absolute Gasteiger partial charge is 0.392 e. The Labute approximate surface area is 111 Å². The second-order valence-corrected chi connectivity index (χ2v) is 4.82. The summed E-state index contributed by atoms with van der Waals surface area (Å²) in [4.78, 5) is 4.59. The molecule has 0 amide bonds. The molecule has 0 saturated carbocycles. The Kier molecular flexibility index (Phi) is 6.73. The van der Waals surface area contributed by atoms with Crippen LogP contribution in [0.15, 0.2) is 12.1 Å². The van der Waals surface area contributed by atoms with Gasteiger partial charge in [-0.15, -0.1) is 0 Å². The molecule has 3 nitrogen and oxygen atoms in total. The first-order chi connectivity index (χ1) is 8.73. The lowest BCUT2D eigenvalue weighted by Crippen LogP contribution is -2.14. The van der Waals surface area contributed by atoms with E-state index < -0.39 is 0 Å². The molecular formula is C15H26N2O. The molecule has 18 heavy (non-hydrogen) atoms. The third-order valence-corrected chi connectivity index (χ3v) is 3.35. The summed E-state index contributed by atoms with van der Waals surface area (Å²) in [6, 6.07) is 3.94. The van der Waals surface area contributed by atoms with Crippen LogP contribution in [0.1, 0.15) is 51.3 Å². The van der Waals surface area contributed by atoms with Crippen molar-refractivity contribution in [1.82, 2.24) is 4.98 Å². The summed E-state index contributed by atoms with van der Waals surface area (Å²) in [5, 5.41) is 12.7. The Balaban J connectivity index is 2.71. The number of pyridine rings is 1. The van der Waals surface area contributed by atoms with Gasteiger partial charge in [0.15, 0.2) is 0 Å². The summed E-state index contributed by atoms with van der Waals surface area (Å²) in [5.41, 5.74) is 2.01. The van der Waals surface area contributed by atoms with Gasteiger partial charge in [0.05, 0.1) is 6.61 Å². The van der Waals surface area contributed by atoms with E-state index in [0.29, 0.717) is 5.92 Å². The van der Waals surface area contributed by atoms with Gasteiger partial charge in [-0.05, 0) is 30.0 Å². The Morgan fingerprint density at radius 3 is 2.50 bits per heavy atom. The molecular weight excluding hydrogens is 224 g/mol. The molecule has 0 aliphatic carbocycles. The van der Waals surface area contributed by atoms with Crippen LogP contribution in [0.5, 0.6) is 0 Å². The van der Waals surface area contributed by atoms with Crippen molar-refractivity contribution in [3.8, 4) is 0 Å². The molecule has 0 aliphatic rings. The molecule has 0 aliphatic heterocycles. The number of nitrogens with one attached hydrogen (secondary N) is 1. The van der Waals surface area contributed by atoms with Crippen LogP contribution in [0, 0.1) is 5.92 Å². The first-order valence-corrected chi connectivity index (χ1v) is 7.07. The van der Waals surface area contributed by atoms with Crippen molar-refractivity contribution in [2.24, 2.45) is 5.92 Å². The lowest BCUT2D eigenvalue weighted by Gasteiger charge is -2.15. The molecule has 0 radical (unpaired) electrons. The summed E-state index contributed by atoms with van der Waals surface area (Å²) in [6.45, 7) is 7.62. The molecule has 102 valence electrons. The van der Waals surface area contributed by atoms with E-state index >= 15 is 0 Å². The van der Waals surface area contributed by atoms with Crippen molar-refractivity contribution in [3.05, 3.63) is 23.4 Å². The molecule has 1 heterocycles. The molecule has 1 aromatic heterocycles. The minimum Gasteiger partial charge on any atom is -0.392 e. The number of aliphatic hydroxyl groups excluding tert-OH is 1. The Morgan fingerprint density at radius 1 is 1.22 bits per heavy atom. The number of aryl methyl sites for hydroxylation is 1. The van der Waals surface area contributed by atoms with Gasteiger partial charge in [-0.1, -0.05) is 40.0 Å². The fourth-order valence-corrected chi connectivity index (χ4v) is 2.04. The normalized spacial score (nSPS) is 10.9. The minimum atomic E-state index is 0.0822. The van der Waals surface area contributed by atoms with Gasteiger partial charge < -0.3 is 10.4 Å². The van der Waals surface area contributed by atoms with Gasteiger partial charge in [0.1, 0.15) is 5.82 Å². The molecule has 2 N–H and O–H groups in total. The lowest BCUT2D eigenvalue weighted by atomic mass is 10.0. The first kappa shape index (κ1) is 15.0. The van der Waals surface area contributed by atoms with Gasteiger partial charge >= 0.3 is 0 Å². The van der Waals surface area contributed by atoms with E-state index in [9.17, 15) is 5.11 Å². The van der Waals surface area contributed by atoms with Crippen LogP contribution in [0.4, 0.5) is 5.82 Å². The topological polar surface area (TPSA) is 45.1 Å². The Bertz CT molecular complexity index is 348. The highest BCUT2D eigenvalue weighted by atomic mass is 16.3. The van der Waals surface area contributed by atoms with Crippen molar-refractivity contribution < 1.29 is 5.11 Å². The van der Waals surface area contributed by atoms with Gasteiger partial charge in [0, 0.05) is 12.2 Å². The molecule has 0 spiro atoms. The van der Waals surface area contributed by atoms with E-state index in [2.05, 4.69) is 31.1 Å². The minimum absolute atomic E-state index is 0.0822. The maximum atomic E-state index is 9.27. The van der Waals surface area contributed by atoms with Crippen LogP contribution in [0.2, 0.25) is 0 Å². The predicted molar refractivity (Wildman–Crippen MR) is 76.7 cm³/mol. The number of aliphatic hydroxyl groups is 1. The van der Waals surface area contributed by atoms with Crippen LogP contribution in [0.3, 0.4) is 0 Å². The highest BCUT2D eigenvalue weighted by Gasteiger charge is 2.05. The zero-order valence-electron chi connectivity index (χ0n) is 11.9. The molecule has 0 aromatic carbocycles. The fourth-order valence-electron chi connectivity index (χ4n) is 2.04. The maximum absolute atomic E-state index is 9.27. The molecule has 3 heteroatoms. The Hall–Kier alpha value is -1.09. The highest BCUT2D eigenvalue weighted by Crippen LogP contribution is 2.14.